The number of hydrogen-bond donors (Lipinski definition) is 0. The molecule has 2 aromatic carbocycles. The molecule has 3 heterocycles. The quantitative estimate of drug-likeness (QED) is 0.382. The fraction of sp³-hybridized carbons (Fsp3) is 0. The Labute approximate surface area is 181 Å². The van der Waals surface area contributed by atoms with E-state index in [1.54, 1.807) is 47.4 Å². The maximum Gasteiger partial charge on any atom is 0.165 e. The number of imidazole rings is 2. The highest BCUT2D eigenvalue weighted by molar-refractivity contribution is 6.35. The molecule has 0 bridgehead atoms. The van der Waals surface area contributed by atoms with Gasteiger partial charge in [0.15, 0.2) is 11.5 Å². The van der Waals surface area contributed by atoms with Crippen LogP contribution in [0.5, 0.6) is 0 Å². The monoisotopic (exact) mass is 430 g/mol. The van der Waals surface area contributed by atoms with Crippen molar-refractivity contribution in [2.75, 3.05) is 0 Å². The summed E-state index contributed by atoms with van der Waals surface area (Å²) in [5.74, 6) is 0.579. The molecule has 3 aromatic heterocycles. The van der Waals surface area contributed by atoms with Crippen molar-refractivity contribution in [2.24, 2.45) is 0 Å². The molecule has 0 saturated heterocycles. The summed E-state index contributed by atoms with van der Waals surface area (Å²) in [7, 11) is 0. The van der Waals surface area contributed by atoms with E-state index in [0.717, 1.165) is 0 Å². The average Bonchev–Trinajstić information content (AvgIpc) is 3.39. The second kappa shape index (κ2) is 7.30. The molecule has 0 saturated carbocycles. The van der Waals surface area contributed by atoms with Crippen molar-refractivity contribution in [2.45, 2.75) is 0 Å². The molecule has 5 rings (SSSR count). The summed E-state index contributed by atoms with van der Waals surface area (Å²) in [4.78, 5) is 9.33. The van der Waals surface area contributed by atoms with Gasteiger partial charge < -0.3 is 0 Å². The van der Waals surface area contributed by atoms with E-state index >= 15 is 0 Å². The van der Waals surface area contributed by atoms with E-state index < -0.39 is 0 Å². The fourth-order valence-corrected chi connectivity index (χ4v) is 3.79. The Balaban J connectivity index is 1.85. The molecule has 144 valence electrons. The Hall–Kier alpha value is -3.66. The van der Waals surface area contributed by atoms with Gasteiger partial charge in [0.1, 0.15) is 17.5 Å². The number of aromatic nitrogens is 5. The first-order valence-electron chi connectivity index (χ1n) is 9.00. The van der Waals surface area contributed by atoms with Crippen molar-refractivity contribution in [3.8, 4) is 34.5 Å². The van der Waals surface area contributed by atoms with Crippen LogP contribution in [-0.2, 0) is 0 Å². The first kappa shape index (κ1) is 18.4. The lowest BCUT2D eigenvalue weighted by Gasteiger charge is -2.11. The van der Waals surface area contributed by atoms with E-state index in [1.165, 1.54) is 0 Å². The van der Waals surface area contributed by atoms with Crippen molar-refractivity contribution in [1.82, 2.24) is 24.1 Å². The van der Waals surface area contributed by atoms with Crippen LogP contribution in [-0.4, -0.2) is 24.1 Å². The molecule has 0 unspecified atom stereocenters. The highest BCUT2D eigenvalue weighted by atomic mass is 35.5. The van der Waals surface area contributed by atoms with Gasteiger partial charge in [0.05, 0.1) is 16.3 Å². The normalized spacial score (nSPS) is 11.0. The summed E-state index contributed by atoms with van der Waals surface area (Å²) < 4.78 is 3.55. The van der Waals surface area contributed by atoms with Crippen LogP contribution in [0.3, 0.4) is 0 Å². The number of rotatable bonds is 3. The standard InChI is InChI=1S/C22H12Cl2N6/c23-15-7-8-17(24)16(12-15)20-21(30-19(28-20)6-3-9-27-30)22-26-10-11-29(22)18-5-2-1-4-14(18)13-25/h1-12H. The molecular weight excluding hydrogens is 419 g/mol. The molecule has 5 aromatic rings. The molecule has 0 aliphatic heterocycles. The first-order chi connectivity index (χ1) is 14.7. The molecule has 0 aliphatic rings. The Kier molecular flexibility index (Phi) is 4.47. The van der Waals surface area contributed by atoms with E-state index in [2.05, 4.69) is 16.2 Å². The molecule has 0 atom stereocenters. The van der Waals surface area contributed by atoms with Gasteiger partial charge in [-0.25, -0.2) is 14.5 Å². The van der Waals surface area contributed by atoms with Gasteiger partial charge >= 0.3 is 0 Å². The third-order valence-corrected chi connectivity index (χ3v) is 5.28. The van der Waals surface area contributed by atoms with Crippen molar-refractivity contribution in [1.29, 1.82) is 5.26 Å². The zero-order valence-electron chi connectivity index (χ0n) is 15.4. The average molecular weight is 431 g/mol. The van der Waals surface area contributed by atoms with E-state index in [4.69, 9.17) is 28.2 Å². The minimum Gasteiger partial charge on any atom is -0.297 e. The Bertz CT molecular complexity index is 1440. The first-order valence-corrected chi connectivity index (χ1v) is 9.75. The zero-order chi connectivity index (χ0) is 20.7. The SMILES string of the molecule is N#Cc1ccccc1-n1ccnc1-c1c(-c2cc(Cl)ccc2Cl)nc2cccnn12. The van der Waals surface area contributed by atoms with E-state index in [0.29, 0.717) is 49.7 Å². The molecule has 0 spiro atoms. The predicted molar refractivity (Wildman–Crippen MR) is 116 cm³/mol. The highest BCUT2D eigenvalue weighted by Gasteiger charge is 2.23. The number of para-hydroxylation sites is 1. The zero-order valence-corrected chi connectivity index (χ0v) is 16.9. The third-order valence-electron chi connectivity index (χ3n) is 4.71. The van der Waals surface area contributed by atoms with Crippen molar-refractivity contribution >= 4 is 28.8 Å². The van der Waals surface area contributed by atoms with Crippen molar-refractivity contribution in [3.05, 3.63) is 88.8 Å². The van der Waals surface area contributed by atoms with Crippen LogP contribution in [0.2, 0.25) is 10.0 Å². The Morgan fingerprint density at radius 1 is 0.967 bits per heavy atom. The smallest absolute Gasteiger partial charge is 0.165 e. The molecule has 0 N–H and O–H groups in total. The Morgan fingerprint density at radius 2 is 1.83 bits per heavy atom. The molecule has 8 heteroatoms. The molecule has 30 heavy (non-hydrogen) atoms. The van der Waals surface area contributed by atoms with Gasteiger partial charge in [-0.05, 0) is 42.5 Å². The summed E-state index contributed by atoms with van der Waals surface area (Å²) in [6, 6.07) is 18.5. The third kappa shape index (κ3) is 2.92. The maximum atomic E-state index is 9.56. The van der Waals surface area contributed by atoms with Crippen LogP contribution in [0.25, 0.3) is 34.1 Å². The number of nitrogens with zero attached hydrogens (tertiary/aromatic N) is 6. The largest absolute Gasteiger partial charge is 0.297 e. The number of fused-ring (bicyclic) bond motifs is 1. The maximum absolute atomic E-state index is 9.56. The van der Waals surface area contributed by atoms with E-state index in [1.807, 2.05) is 34.9 Å². The van der Waals surface area contributed by atoms with Crippen LogP contribution in [0.4, 0.5) is 0 Å². The molecule has 0 fully saturated rings. The van der Waals surface area contributed by atoms with Gasteiger partial charge in [0.25, 0.3) is 0 Å². The van der Waals surface area contributed by atoms with Gasteiger partial charge in [-0.15, -0.1) is 0 Å². The van der Waals surface area contributed by atoms with Gasteiger partial charge in [0, 0.05) is 29.2 Å². The molecule has 0 amide bonds. The van der Waals surface area contributed by atoms with E-state index in [-0.39, 0.29) is 0 Å². The van der Waals surface area contributed by atoms with Crippen LogP contribution < -0.4 is 0 Å². The number of halogens is 2. The molecule has 6 nitrogen and oxygen atoms in total. The number of hydrogen-bond acceptors (Lipinski definition) is 4. The lowest BCUT2D eigenvalue weighted by atomic mass is 10.1. The lowest BCUT2D eigenvalue weighted by molar-refractivity contribution is 0.922. The summed E-state index contributed by atoms with van der Waals surface area (Å²) >= 11 is 12.7. The summed E-state index contributed by atoms with van der Waals surface area (Å²) in [5.41, 5.74) is 3.80. The van der Waals surface area contributed by atoms with Crippen LogP contribution in [0, 0.1) is 11.3 Å². The second-order valence-corrected chi connectivity index (χ2v) is 7.32. The summed E-state index contributed by atoms with van der Waals surface area (Å²) in [5, 5.41) is 15.1. The minimum atomic E-state index is 0.514. The lowest BCUT2D eigenvalue weighted by Crippen LogP contribution is -2.03. The van der Waals surface area contributed by atoms with Crippen LogP contribution in [0.1, 0.15) is 5.56 Å². The number of nitriles is 1. The topological polar surface area (TPSA) is 71.8 Å². The van der Waals surface area contributed by atoms with Crippen LogP contribution >= 0.6 is 23.2 Å². The van der Waals surface area contributed by atoms with Gasteiger partial charge in [0.2, 0.25) is 0 Å². The fourth-order valence-electron chi connectivity index (χ4n) is 3.41. The second-order valence-electron chi connectivity index (χ2n) is 6.48. The predicted octanol–water partition coefficient (Wildman–Crippen LogP) is 5.43. The van der Waals surface area contributed by atoms with Crippen LogP contribution in [0.15, 0.2) is 73.2 Å². The summed E-state index contributed by atoms with van der Waals surface area (Å²) in [6.45, 7) is 0. The van der Waals surface area contributed by atoms with Gasteiger partial charge in [-0.1, -0.05) is 35.3 Å². The van der Waals surface area contributed by atoms with Crippen molar-refractivity contribution in [3.63, 3.8) is 0 Å². The number of benzene rings is 2. The summed E-state index contributed by atoms with van der Waals surface area (Å²) in [6.07, 6.45) is 5.16. The van der Waals surface area contributed by atoms with Gasteiger partial charge in [-0.2, -0.15) is 10.4 Å². The van der Waals surface area contributed by atoms with Crippen molar-refractivity contribution < 1.29 is 0 Å². The van der Waals surface area contributed by atoms with Gasteiger partial charge in [-0.3, -0.25) is 4.57 Å². The van der Waals surface area contributed by atoms with E-state index in [9.17, 15) is 5.26 Å². The molecule has 0 radical (unpaired) electrons. The molecule has 0 aliphatic carbocycles. The molecular formula is C22H12Cl2N6. The minimum absolute atomic E-state index is 0.514. The highest BCUT2D eigenvalue weighted by Crippen LogP contribution is 2.37. The Morgan fingerprint density at radius 3 is 2.70 bits per heavy atom.